The van der Waals surface area contributed by atoms with Crippen molar-refractivity contribution in [3.05, 3.63) is 54.3 Å². The van der Waals surface area contributed by atoms with Crippen LogP contribution in [0.1, 0.15) is 25.3 Å². The number of carbonyl (C=O) groups is 1. The second-order valence-corrected chi connectivity index (χ2v) is 3.94. The van der Waals surface area contributed by atoms with Gasteiger partial charge in [-0.25, -0.2) is 4.79 Å². The molecule has 0 spiro atoms. The molecule has 0 bridgehead atoms. The van der Waals surface area contributed by atoms with E-state index in [0.717, 1.165) is 5.56 Å². The van der Waals surface area contributed by atoms with Crippen molar-refractivity contribution in [1.82, 2.24) is 0 Å². The molecule has 0 radical (unpaired) electrons. The van der Waals surface area contributed by atoms with Gasteiger partial charge in [0.2, 0.25) is 0 Å². The highest BCUT2D eigenvalue weighted by molar-refractivity contribution is 5.83. The largest absolute Gasteiger partial charge is 0.464 e. The highest BCUT2D eigenvalue weighted by Crippen LogP contribution is 2.06. The molecule has 0 amide bonds. The van der Waals surface area contributed by atoms with Crippen LogP contribution in [0.5, 0.6) is 0 Å². The van der Waals surface area contributed by atoms with E-state index in [-0.39, 0.29) is 5.97 Å². The van der Waals surface area contributed by atoms with E-state index in [2.05, 4.69) is 17.3 Å². The van der Waals surface area contributed by atoms with Gasteiger partial charge in [0.15, 0.2) is 0 Å². The first-order valence-corrected chi connectivity index (χ1v) is 6.37. The molecule has 0 saturated carbocycles. The van der Waals surface area contributed by atoms with Crippen LogP contribution in [0.15, 0.2) is 53.7 Å². The molecular formula is C16H19NO2. The highest BCUT2D eigenvalue weighted by atomic mass is 16.5. The molecule has 1 aromatic rings. The Morgan fingerprint density at radius 3 is 2.84 bits per heavy atom. The SMILES string of the molecule is C=C=CCCC(N=Cc1ccccc1)C(=O)OCC. The lowest BCUT2D eigenvalue weighted by Crippen LogP contribution is -2.21. The number of carbonyl (C=O) groups excluding carboxylic acids is 1. The molecule has 0 fully saturated rings. The van der Waals surface area contributed by atoms with E-state index in [9.17, 15) is 4.79 Å². The smallest absolute Gasteiger partial charge is 0.330 e. The standard InChI is InChI=1S/C16H19NO2/c1-3-5-7-12-15(16(18)19-4-2)17-13-14-10-8-6-9-11-14/h5-6,8-11,13,15H,1,4,7,12H2,2H3. The molecule has 1 unspecified atom stereocenters. The zero-order chi connectivity index (χ0) is 13.9. The fraction of sp³-hybridized carbons (Fsp3) is 0.312. The molecule has 0 aliphatic carbocycles. The predicted octanol–water partition coefficient (Wildman–Crippen LogP) is 3.16. The number of allylic oxidation sites excluding steroid dienone is 1. The summed E-state index contributed by atoms with van der Waals surface area (Å²) < 4.78 is 5.02. The summed E-state index contributed by atoms with van der Waals surface area (Å²) in [6.07, 6.45) is 4.81. The third-order valence-corrected chi connectivity index (χ3v) is 2.49. The normalized spacial score (nSPS) is 11.8. The summed E-state index contributed by atoms with van der Waals surface area (Å²) in [6.45, 7) is 5.66. The third kappa shape index (κ3) is 5.84. The van der Waals surface area contributed by atoms with E-state index in [0.29, 0.717) is 19.4 Å². The van der Waals surface area contributed by atoms with E-state index in [1.165, 1.54) is 0 Å². The van der Waals surface area contributed by atoms with Crippen molar-refractivity contribution >= 4 is 12.2 Å². The van der Waals surface area contributed by atoms with Gasteiger partial charge in [0.05, 0.1) is 6.61 Å². The van der Waals surface area contributed by atoms with Gasteiger partial charge in [-0.15, -0.1) is 5.73 Å². The molecule has 19 heavy (non-hydrogen) atoms. The number of hydrogen-bond acceptors (Lipinski definition) is 3. The lowest BCUT2D eigenvalue weighted by molar-refractivity contribution is -0.144. The first-order valence-electron chi connectivity index (χ1n) is 6.37. The molecular weight excluding hydrogens is 238 g/mol. The Balaban J connectivity index is 2.69. The van der Waals surface area contributed by atoms with Gasteiger partial charge in [-0.05, 0) is 31.4 Å². The molecule has 1 rings (SSSR count). The van der Waals surface area contributed by atoms with E-state index in [1.54, 1.807) is 19.2 Å². The molecule has 3 nitrogen and oxygen atoms in total. The maximum atomic E-state index is 11.8. The lowest BCUT2D eigenvalue weighted by Gasteiger charge is -2.09. The molecule has 0 saturated heterocycles. The molecule has 0 aliphatic rings. The monoisotopic (exact) mass is 257 g/mol. The van der Waals surface area contributed by atoms with Gasteiger partial charge in [-0.3, -0.25) is 4.99 Å². The van der Waals surface area contributed by atoms with Gasteiger partial charge in [-0.1, -0.05) is 36.9 Å². The maximum absolute atomic E-state index is 11.8. The van der Waals surface area contributed by atoms with Crippen molar-refractivity contribution in [1.29, 1.82) is 0 Å². The molecule has 100 valence electrons. The average molecular weight is 257 g/mol. The van der Waals surface area contributed by atoms with Crippen LogP contribution in [0.25, 0.3) is 0 Å². The van der Waals surface area contributed by atoms with Crippen LogP contribution in [0.2, 0.25) is 0 Å². The van der Waals surface area contributed by atoms with Gasteiger partial charge in [0, 0.05) is 6.21 Å². The number of benzene rings is 1. The average Bonchev–Trinajstić information content (AvgIpc) is 2.44. The summed E-state index contributed by atoms with van der Waals surface area (Å²) in [6, 6.07) is 9.21. The Labute approximate surface area is 114 Å². The fourth-order valence-corrected chi connectivity index (χ4v) is 1.55. The van der Waals surface area contributed by atoms with Crippen LogP contribution in [-0.2, 0) is 9.53 Å². The minimum atomic E-state index is -0.468. The summed E-state index contributed by atoms with van der Waals surface area (Å²) in [5, 5.41) is 0. The number of rotatable bonds is 7. The quantitative estimate of drug-likeness (QED) is 0.427. The summed E-state index contributed by atoms with van der Waals surface area (Å²) in [5.74, 6) is -0.285. The Morgan fingerprint density at radius 2 is 2.21 bits per heavy atom. The number of aliphatic imine (C=N–C) groups is 1. The zero-order valence-corrected chi connectivity index (χ0v) is 11.2. The van der Waals surface area contributed by atoms with Crippen LogP contribution in [0, 0.1) is 0 Å². The molecule has 0 aliphatic heterocycles. The number of esters is 1. The zero-order valence-electron chi connectivity index (χ0n) is 11.2. The molecule has 1 aromatic carbocycles. The molecule has 1 atom stereocenters. The second kappa shape index (κ2) is 8.90. The topological polar surface area (TPSA) is 38.7 Å². The van der Waals surface area contributed by atoms with Crippen molar-refractivity contribution in [3.8, 4) is 0 Å². The van der Waals surface area contributed by atoms with Crippen LogP contribution in [0.3, 0.4) is 0 Å². The van der Waals surface area contributed by atoms with E-state index < -0.39 is 6.04 Å². The van der Waals surface area contributed by atoms with Gasteiger partial charge in [0.25, 0.3) is 0 Å². The van der Waals surface area contributed by atoms with Crippen LogP contribution in [-0.4, -0.2) is 24.8 Å². The number of hydrogen-bond donors (Lipinski definition) is 0. The van der Waals surface area contributed by atoms with E-state index in [4.69, 9.17) is 4.74 Å². The second-order valence-electron chi connectivity index (χ2n) is 3.94. The molecule has 0 N–H and O–H groups in total. The molecule has 0 aromatic heterocycles. The summed E-state index contributed by atoms with van der Waals surface area (Å²) >= 11 is 0. The van der Waals surface area contributed by atoms with E-state index in [1.807, 2.05) is 30.3 Å². The third-order valence-electron chi connectivity index (χ3n) is 2.49. The summed E-state index contributed by atoms with van der Waals surface area (Å²) in [7, 11) is 0. The lowest BCUT2D eigenvalue weighted by atomic mass is 10.1. The van der Waals surface area contributed by atoms with Crippen molar-refractivity contribution in [2.45, 2.75) is 25.8 Å². The molecule has 3 heteroatoms. The van der Waals surface area contributed by atoms with Crippen molar-refractivity contribution in [2.75, 3.05) is 6.61 Å². The Kier molecular flexibility index (Phi) is 7.00. The van der Waals surface area contributed by atoms with Gasteiger partial charge in [0.1, 0.15) is 6.04 Å². The minimum absolute atomic E-state index is 0.285. The molecule has 0 heterocycles. The Bertz CT molecular complexity index is 459. The maximum Gasteiger partial charge on any atom is 0.330 e. The first kappa shape index (κ1) is 14.9. The predicted molar refractivity (Wildman–Crippen MR) is 77.4 cm³/mol. The van der Waals surface area contributed by atoms with Gasteiger partial charge < -0.3 is 4.74 Å². The first-order chi connectivity index (χ1) is 9.27. The van der Waals surface area contributed by atoms with Gasteiger partial charge in [-0.2, -0.15) is 0 Å². The number of ether oxygens (including phenoxy) is 1. The minimum Gasteiger partial charge on any atom is -0.464 e. The van der Waals surface area contributed by atoms with Gasteiger partial charge >= 0.3 is 5.97 Å². The number of nitrogens with zero attached hydrogens (tertiary/aromatic N) is 1. The van der Waals surface area contributed by atoms with Crippen molar-refractivity contribution < 1.29 is 9.53 Å². The van der Waals surface area contributed by atoms with Crippen LogP contribution >= 0.6 is 0 Å². The summed E-state index contributed by atoms with van der Waals surface area (Å²) in [4.78, 5) is 16.1. The van der Waals surface area contributed by atoms with Crippen LogP contribution < -0.4 is 0 Å². The highest BCUT2D eigenvalue weighted by Gasteiger charge is 2.16. The Morgan fingerprint density at radius 1 is 1.47 bits per heavy atom. The Hall–Kier alpha value is -2.12. The summed E-state index contributed by atoms with van der Waals surface area (Å²) in [5.41, 5.74) is 3.66. The van der Waals surface area contributed by atoms with Crippen molar-refractivity contribution in [3.63, 3.8) is 0 Å². The fourth-order valence-electron chi connectivity index (χ4n) is 1.55. The van der Waals surface area contributed by atoms with Crippen LogP contribution in [0.4, 0.5) is 0 Å². The van der Waals surface area contributed by atoms with Crippen molar-refractivity contribution in [2.24, 2.45) is 4.99 Å². The van der Waals surface area contributed by atoms with E-state index >= 15 is 0 Å².